The Bertz CT molecular complexity index is 515. The highest BCUT2D eigenvalue weighted by molar-refractivity contribution is 9.10. The number of benzene rings is 1. The van der Waals surface area contributed by atoms with Gasteiger partial charge in [0.05, 0.1) is 5.56 Å². The molecule has 0 atom stereocenters. The molecule has 0 aliphatic rings. The summed E-state index contributed by atoms with van der Waals surface area (Å²) in [5.74, 6) is 0. The molecule has 2 rings (SSSR count). The standard InChI is InChI=1S/C12H7BrN2/c13-12-5-1-4-10(11(12)7-14)9-3-2-6-15-8-9/h1-6,8H. The molecule has 0 radical (unpaired) electrons. The minimum absolute atomic E-state index is 0.644. The number of halogens is 1. The highest BCUT2D eigenvalue weighted by Gasteiger charge is 2.07. The second-order valence-electron chi connectivity index (χ2n) is 3.02. The van der Waals surface area contributed by atoms with Crippen LogP contribution in [-0.4, -0.2) is 4.98 Å². The molecule has 0 N–H and O–H groups in total. The molecule has 0 fully saturated rings. The van der Waals surface area contributed by atoms with Crippen LogP contribution in [0.5, 0.6) is 0 Å². The second kappa shape index (κ2) is 4.24. The van der Waals surface area contributed by atoms with Gasteiger partial charge in [-0.05, 0) is 28.1 Å². The second-order valence-corrected chi connectivity index (χ2v) is 3.87. The fraction of sp³-hybridized carbons (Fsp3) is 0. The van der Waals surface area contributed by atoms with Crippen LogP contribution in [-0.2, 0) is 0 Å². The molecule has 0 saturated heterocycles. The Hall–Kier alpha value is -1.66. The molecule has 1 aromatic heterocycles. The Kier molecular flexibility index (Phi) is 2.79. The van der Waals surface area contributed by atoms with Crippen molar-refractivity contribution in [3.8, 4) is 17.2 Å². The molecule has 1 aromatic carbocycles. The average molecular weight is 259 g/mol. The number of pyridine rings is 1. The lowest BCUT2D eigenvalue weighted by molar-refractivity contribution is 1.32. The molecule has 0 aliphatic carbocycles. The predicted molar refractivity (Wildman–Crippen MR) is 62.1 cm³/mol. The van der Waals surface area contributed by atoms with E-state index < -0.39 is 0 Å². The SMILES string of the molecule is N#Cc1c(Br)cccc1-c1cccnc1. The predicted octanol–water partition coefficient (Wildman–Crippen LogP) is 3.38. The molecule has 1 heterocycles. The van der Waals surface area contributed by atoms with Crippen molar-refractivity contribution in [1.82, 2.24) is 4.98 Å². The quantitative estimate of drug-likeness (QED) is 0.787. The van der Waals surface area contributed by atoms with E-state index in [2.05, 4.69) is 27.0 Å². The summed E-state index contributed by atoms with van der Waals surface area (Å²) in [5, 5.41) is 9.06. The highest BCUT2D eigenvalue weighted by atomic mass is 79.9. The Morgan fingerprint density at radius 2 is 2.07 bits per heavy atom. The van der Waals surface area contributed by atoms with E-state index in [1.54, 1.807) is 12.4 Å². The minimum atomic E-state index is 0.644. The zero-order valence-electron chi connectivity index (χ0n) is 7.81. The molecule has 0 aliphatic heterocycles. The van der Waals surface area contributed by atoms with Crippen LogP contribution in [0, 0.1) is 11.3 Å². The maximum Gasteiger partial charge on any atom is 0.101 e. The van der Waals surface area contributed by atoms with Crippen LogP contribution in [0.1, 0.15) is 5.56 Å². The first-order valence-electron chi connectivity index (χ1n) is 4.42. The Labute approximate surface area is 96.3 Å². The number of aromatic nitrogens is 1. The average Bonchev–Trinajstić information content (AvgIpc) is 2.30. The van der Waals surface area contributed by atoms with Gasteiger partial charge in [0.1, 0.15) is 6.07 Å². The summed E-state index contributed by atoms with van der Waals surface area (Å²) in [6, 6.07) is 11.7. The van der Waals surface area contributed by atoms with Crippen molar-refractivity contribution >= 4 is 15.9 Å². The van der Waals surface area contributed by atoms with Gasteiger partial charge in [-0.2, -0.15) is 5.26 Å². The third-order valence-electron chi connectivity index (χ3n) is 2.10. The first kappa shape index (κ1) is 9.88. The third kappa shape index (κ3) is 1.90. The van der Waals surface area contributed by atoms with E-state index in [1.165, 1.54) is 0 Å². The van der Waals surface area contributed by atoms with E-state index in [1.807, 2.05) is 30.3 Å². The highest BCUT2D eigenvalue weighted by Crippen LogP contribution is 2.27. The van der Waals surface area contributed by atoms with Crippen molar-refractivity contribution in [2.45, 2.75) is 0 Å². The van der Waals surface area contributed by atoms with Crippen molar-refractivity contribution in [1.29, 1.82) is 5.26 Å². The van der Waals surface area contributed by atoms with Gasteiger partial charge in [-0.25, -0.2) is 0 Å². The van der Waals surface area contributed by atoms with E-state index in [0.29, 0.717) is 5.56 Å². The molecule has 0 spiro atoms. The Balaban J connectivity index is 2.65. The fourth-order valence-corrected chi connectivity index (χ4v) is 1.86. The van der Waals surface area contributed by atoms with Crippen LogP contribution < -0.4 is 0 Å². The lowest BCUT2D eigenvalue weighted by Gasteiger charge is -2.04. The summed E-state index contributed by atoms with van der Waals surface area (Å²) in [4.78, 5) is 4.04. The molecular weight excluding hydrogens is 252 g/mol. The van der Waals surface area contributed by atoms with Crippen molar-refractivity contribution in [3.05, 3.63) is 52.8 Å². The summed E-state index contributed by atoms with van der Waals surface area (Å²) in [5.41, 5.74) is 2.50. The van der Waals surface area contributed by atoms with Gasteiger partial charge in [0.2, 0.25) is 0 Å². The molecular formula is C12H7BrN2. The third-order valence-corrected chi connectivity index (χ3v) is 2.76. The number of hydrogen-bond donors (Lipinski definition) is 0. The molecule has 3 heteroatoms. The van der Waals surface area contributed by atoms with Crippen LogP contribution in [0.3, 0.4) is 0 Å². The molecule has 2 nitrogen and oxygen atoms in total. The number of rotatable bonds is 1. The van der Waals surface area contributed by atoms with Gasteiger partial charge in [-0.1, -0.05) is 18.2 Å². The molecule has 72 valence electrons. The summed E-state index contributed by atoms with van der Waals surface area (Å²) < 4.78 is 0.811. The van der Waals surface area contributed by atoms with Crippen molar-refractivity contribution in [2.24, 2.45) is 0 Å². The first-order valence-corrected chi connectivity index (χ1v) is 5.21. The van der Waals surface area contributed by atoms with Gasteiger partial charge in [0.15, 0.2) is 0 Å². The number of hydrogen-bond acceptors (Lipinski definition) is 2. The van der Waals surface area contributed by atoms with Gasteiger partial charge in [0.25, 0.3) is 0 Å². The largest absolute Gasteiger partial charge is 0.264 e. The fourth-order valence-electron chi connectivity index (χ4n) is 1.40. The number of nitrogens with zero attached hydrogens (tertiary/aromatic N) is 2. The zero-order valence-corrected chi connectivity index (χ0v) is 9.40. The Morgan fingerprint density at radius 3 is 2.73 bits per heavy atom. The van der Waals surface area contributed by atoms with E-state index in [9.17, 15) is 0 Å². The van der Waals surface area contributed by atoms with Crippen LogP contribution in [0.2, 0.25) is 0 Å². The lowest BCUT2D eigenvalue weighted by atomic mass is 10.0. The summed E-state index contributed by atoms with van der Waals surface area (Å²) in [7, 11) is 0. The molecule has 15 heavy (non-hydrogen) atoms. The van der Waals surface area contributed by atoms with Crippen molar-refractivity contribution in [3.63, 3.8) is 0 Å². The van der Waals surface area contributed by atoms with Crippen molar-refractivity contribution in [2.75, 3.05) is 0 Å². The summed E-state index contributed by atoms with van der Waals surface area (Å²) in [6.45, 7) is 0. The van der Waals surface area contributed by atoms with E-state index in [4.69, 9.17) is 5.26 Å². The smallest absolute Gasteiger partial charge is 0.101 e. The molecule has 0 amide bonds. The van der Waals surface area contributed by atoms with Gasteiger partial charge in [0, 0.05) is 28.0 Å². The maximum atomic E-state index is 9.06. The van der Waals surface area contributed by atoms with Crippen LogP contribution in [0.15, 0.2) is 47.2 Å². The summed E-state index contributed by atoms with van der Waals surface area (Å²) in [6.07, 6.45) is 3.47. The van der Waals surface area contributed by atoms with E-state index >= 15 is 0 Å². The topological polar surface area (TPSA) is 36.7 Å². The number of nitriles is 1. The maximum absolute atomic E-state index is 9.06. The van der Waals surface area contributed by atoms with Gasteiger partial charge in [-0.3, -0.25) is 4.98 Å². The van der Waals surface area contributed by atoms with Gasteiger partial charge >= 0.3 is 0 Å². The zero-order chi connectivity index (χ0) is 10.7. The minimum Gasteiger partial charge on any atom is -0.264 e. The van der Waals surface area contributed by atoms with Crippen LogP contribution >= 0.6 is 15.9 Å². The molecule has 0 saturated carbocycles. The molecule has 2 aromatic rings. The lowest BCUT2D eigenvalue weighted by Crippen LogP contribution is -1.86. The monoisotopic (exact) mass is 258 g/mol. The van der Waals surface area contributed by atoms with E-state index in [-0.39, 0.29) is 0 Å². The summed E-state index contributed by atoms with van der Waals surface area (Å²) >= 11 is 3.36. The first-order chi connectivity index (χ1) is 7.33. The van der Waals surface area contributed by atoms with Gasteiger partial charge < -0.3 is 0 Å². The Morgan fingerprint density at radius 1 is 1.20 bits per heavy atom. The van der Waals surface area contributed by atoms with Crippen molar-refractivity contribution < 1.29 is 0 Å². The molecule has 0 bridgehead atoms. The van der Waals surface area contributed by atoms with Crippen LogP contribution in [0.25, 0.3) is 11.1 Å². The van der Waals surface area contributed by atoms with E-state index in [0.717, 1.165) is 15.6 Å². The van der Waals surface area contributed by atoms with Gasteiger partial charge in [-0.15, -0.1) is 0 Å². The normalized spacial score (nSPS) is 9.60. The molecule has 0 unspecified atom stereocenters. The van der Waals surface area contributed by atoms with Crippen LogP contribution in [0.4, 0.5) is 0 Å².